The molecule has 3 aromatic rings. The Bertz CT molecular complexity index is 1280. The van der Waals surface area contributed by atoms with Gasteiger partial charge in [0.2, 0.25) is 5.91 Å². The van der Waals surface area contributed by atoms with Crippen LogP contribution in [0.4, 0.5) is 5.69 Å². The van der Waals surface area contributed by atoms with Crippen LogP contribution in [-0.2, 0) is 24.3 Å². The van der Waals surface area contributed by atoms with Gasteiger partial charge in [-0.05, 0) is 35.2 Å². The van der Waals surface area contributed by atoms with Gasteiger partial charge in [-0.1, -0.05) is 60.3 Å². The van der Waals surface area contributed by atoms with Crippen molar-refractivity contribution < 1.29 is 19.8 Å². The minimum atomic E-state index is -1.03. The maximum atomic E-state index is 12.4. The number of nitrogens with zero attached hydrogens (tertiary/aromatic N) is 3. The van der Waals surface area contributed by atoms with Gasteiger partial charge in [-0.15, -0.1) is 11.3 Å². The van der Waals surface area contributed by atoms with Crippen molar-refractivity contribution in [3.63, 3.8) is 0 Å². The second kappa shape index (κ2) is 11.5. The monoisotopic (exact) mass is 535 g/mol. The molecule has 0 saturated carbocycles. The highest BCUT2D eigenvalue weighted by Gasteiger charge is 2.29. The van der Waals surface area contributed by atoms with Gasteiger partial charge < -0.3 is 20.0 Å². The second-order valence-electron chi connectivity index (χ2n) is 9.30. The van der Waals surface area contributed by atoms with Gasteiger partial charge in [-0.3, -0.25) is 4.79 Å². The predicted octanol–water partition coefficient (Wildman–Crippen LogP) is 4.60. The average molecular weight is 536 g/mol. The number of thiazole rings is 1. The fourth-order valence-electron chi connectivity index (χ4n) is 4.86. The Morgan fingerprint density at radius 2 is 1.97 bits per heavy atom. The summed E-state index contributed by atoms with van der Waals surface area (Å²) in [6.07, 6.45) is 4.86. The quantitative estimate of drug-likeness (QED) is 0.289. The third kappa shape index (κ3) is 6.23. The molecular formula is C28H29N3O4S2. The number of thioether (sulfide) groups is 1. The predicted molar refractivity (Wildman–Crippen MR) is 146 cm³/mol. The molecular weight excluding hydrogens is 506 g/mol. The van der Waals surface area contributed by atoms with Crippen molar-refractivity contribution in [1.29, 1.82) is 0 Å². The van der Waals surface area contributed by atoms with Crippen molar-refractivity contribution >= 4 is 40.7 Å². The molecule has 2 atom stereocenters. The van der Waals surface area contributed by atoms with Crippen molar-refractivity contribution in [3.8, 4) is 0 Å². The number of hydrogen-bond acceptors (Lipinski definition) is 7. The number of anilines is 1. The van der Waals surface area contributed by atoms with Gasteiger partial charge >= 0.3 is 5.97 Å². The molecule has 3 heterocycles. The minimum Gasteiger partial charge on any atom is -0.476 e. The topological polar surface area (TPSA) is 94.0 Å². The molecule has 2 aromatic carbocycles. The number of rotatable bonds is 10. The summed E-state index contributed by atoms with van der Waals surface area (Å²) in [5.41, 5.74) is 5.01. The average Bonchev–Trinajstić information content (AvgIpc) is 3.62. The first-order chi connectivity index (χ1) is 18.0. The molecule has 37 heavy (non-hydrogen) atoms. The van der Waals surface area contributed by atoms with Crippen LogP contribution in [0.1, 0.15) is 40.0 Å². The molecule has 1 saturated heterocycles. The number of hydrogen-bond donors (Lipinski definition) is 2. The molecule has 0 unspecified atom stereocenters. The lowest BCUT2D eigenvalue weighted by atomic mass is 10.1. The Labute approximate surface area is 224 Å². The number of carboxylic acids is 1. The highest BCUT2D eigenvalue weighted by atomic mass is 32.2. The van der Waals surface area contributed by atoms with Gasteiger partial charge in [0.05, 0.1) is 12.1 Å². The van der Waals surface area contributed by atoms with E-state index in [1.807, 2.05) is 29.2 Å². The molecule has 2 N–H and O–H groups in total. The third-order valence-electron chi connectivity index (χ3n) is 6.75. The zero-order valence-electron chi connectivity index (χ0n) is 20.3. The Balaban J connectivity index is 1.14. The number of aromatic nitrogens is 1. The first kappa shape index (κ1) is 25.5. The van der Waals surface area contributed by atoms with Gasteiger partial charge in [-0.2, -0.15) is 0 Å². The van der Waals surface area contributed by atoms with E-state index in [4.69, 9.17) is 5.11 Å². The molecule has 1 aromatic heterocycles. The summed E-state index contributed by atoms with van der Waals surface area (Å²) in [6.45, 7) is 2.35. The van der Waals surface area contributed by atoms with Crippen LogP contribution in [0.15, 0.2) is 70.4 Å². The molecule has 0 bridgehead atoms. The number of likely N-dealkylation sites (tertiary alicyclic amines) is 1. The molecule has 0 spiro atoms. The van der Waals surface area contributed by atoms with Gasteiger partial charge in [-0.25, -0.2) is 9.78 Å². The SMILES string of the molecule is O=C(O)c1csc(SCCN2C(=O)CC[C@@H]2C=C[C@@H](O)Cc2cccc(N3Cc4ccccc4C3)c2)n1. The van der Waals surface area contributed by atoms with Gasteiger partial charge in [0, 0.05) is 49.3 Å². The van der Waals surface area contributed by atoms with E-state index in [1.54, 1.807) is 0 Å². The lowest BCUT2D eigenvalue weighted by Gasteiger charge is -2.22. The number of aromatic carboxylic acids is 1. The summed E-state index contributed by atoms with van der Waals surface area (Å²) >= 11 is 2.76. The van der Waals surface area contributed by atoms with Crippen LogP contribution in [0.5, 0.6) is 0 Å². The fraction of sp³-hybridized carbons (Fsp3) is 0.321. The number of carbonyl (C=O) groups is 2. The van der Waals surface area contributed by atoms with Crippen LogP contribution in [0.25, 0.3) is 0 Å². The summed E-state index contributed by atoms with van der Waals surface area (Å²) in [5.74, 6) is -0.289. The molecule has 2 aliphatic heterocycles. The zero-order valence-corrected chi connectivity index (χ0v) is 22.0. The summed E-state index contributed by atoms with van der Waals surface area (Å²) in [6, 6.07) is 16.8. The molecule has 0 aliphatic carbocycles. The Kier molecular flexibility index (Phi) is 7.93. The van der Waals surface area contributed by atoms with E-state index in [0.717, 1.165) is 30.8 Å². The van der Waals surface area contributed by atoms with Gasteiger partial charge in [0.1, 0.15) is 0 Å². The van der Waals surface area contributed by atoms with E-state index in [9.17, 15) is 14.7 Å². The first-order valence-electron chi connectivity index (χ1n) is 12.3. The van der Waals surface area contributed by atoms with Crippen LogP contribution in [0.2, 0.25) is 0 Å². The van der Waals surface area contributed by atoms with Crippen molar-refractivity contribution in [2.24, 2.45) is 0 Å². The lowest BCUT2D eigenvalue weighted by Crippen LogP contribution is -2.33. The highest BCUT2D eigenvalue weighted by molar-refractivity contribution is 8.01. The van der Waals surface area contributed by atoms with E-state index < -0.39 is 12.1 Å². The number of fused-ring (bicyclic) bond motifs is 1. The molecule has 192 valence electrons. The number of benzene rings is 2. The van der Waals surface area contributed by atoms with Crippen LogP contribution in [0.3, 0.4) is 0 Å². The Morgan fingerprint density at radius 3 is 2.70 bits per heavy atom. The van der Waals surface area contributed by atoms with Crippen LogP contribution in [0, 0.1) is 0 Å². The first-order valence-corrected chi connectivity index (χ1v) is 14.2. The van der Waals surface area contributed by atoms with Crippen LogP contribution in [-0.4, -0.2) is 56.4 Å². The number of carboxylic acid groups (broad SMARTS) is 1. The summed E-state index contributed by atoms with van der Waals surface area (Å²) in [5, 5.41) is 21.3. The summed E-state index contributed by atoms with van der Waals surface area (Å²) < 4.78 is 0.687. The Hall–Kier alpha value is -3.14. The number of aliphatic hydroxyl groups is 1. The fourth-order valence-corrected chi connectivity index (χ4v) is 6.67. The number of aliphatic hydroxyl groups excluding tert-OH is 1. The van der Waals surface area contributed by atoms with Crippen molar-refractivity contribution in [2.45, 2.75) is 48.8 Å². The molecule has 1 amide bonds. The number of carbonyl (C=O) groups excluding carboxylic acids is 1. The molecule has 7 nitrogen and oxygen atoms in total. The number of amides is 1. The molecule has 5 rings (SSSR count). The van der Waals surface area contributed by atoms with Gasteiger partial charge in [0.25, 0.3) is 0 Å². The van der Waals surface area contributed by atoms with Crippen molar-refractivity contribution in [3.05, 3.63) is 88.4 Å². The largest absolute Gasteiger partial charge is 0.476 e. The summed E-state index contributed by atoms with van der Waals surface area (Å²) in [7, 11) is 0. The smallest absolute Gasteiger partial charge is 0.355 e. The third-order valence-corrected chi connectivity index (χ3v) is 8.75. The second-order valence-corrected chi connectivity index (χ2v) is 11.5. The maximum Gasteiger partial charge on any atom is 0.355 e. The minimum absolute atomic E-state index is 0.0388. The molecule has 0 radical (unpaired) electrons. The lowest BCUT2D eigenvalue weighted by molar-refractivity contribution is -0.128. The molecule has 1 fully saturated rings. The van der Waals surface area contributed by atoms with Crippen LogP contribution >= 0.6 is 23.1 Å². The van der Waals surface area contributed by atoms with E-state index in [0.29, 0.717) is 29.5 Å². The van der Waals surface area contributed by atoms with Crippen molar-refractivity contribution in [1.82, 2.24) is 9.88 Å². The van der Waals surface area contributed by atoms with E-state index in [-0.39, 0.29) is 17.6 Å². The van der Waals surface area contributed by atoms with E-state index in [2.05, 4.69) is 46.3 Å². The normalized spacial score (nSPS) is 18.1. The zero-order chi connectivity index (χ0) is 25.8. The standard InChI is InChI=1S/C28H29N3O4S2/c32-24(15-19-4-3-7-23(14-19)30-16-20-5-1-2-6-21(20)17-30)10-8-22-9-11-26(33)31(22)12-13-36-28-29-25(18-37-28)27(34)35/h1-8,10,14,18,22,24,32H,9,11-13,15-17H2,(H,34,35)/t22-,24+/m0/s1. The highest BCUT2D eigenvalue weighted by Crippen LogP contribution is 2.29. The van der Waals surface area contributed by atoms with Crippen LogP contribution < -0.4 is 4.90 Å². The van der Waals surface area contributed by atoms with E-state index in [1.165, 1.54) is 39.6 Å². The van der Waals surface area contributed by atoms with Gasteiger partial charge in [0.15, 0.2) is 10.0 Å². The molecule has 2 aliphatic rings. The van der Waals surface area contributed by atoms with Crippen molar-refractivity contribution in [2.75, 3.05) is 17.2 Å². The molecule has 9 heteroatoms. The van der Waals surface area contributed by atoms with E-state index >= 15 is 0 Å². The Morgan fingerprint density at radius 1 is 1.19 bits per heavy atom. The summed E-state index contributed by atoms with van der Waals surface area (Å²) in [4.78, 5) is 31.7. The maximum absolute atomic E-state index is 12.4.